The highest BCUT2D eigenvalue weighted by Crippen LogP contribution is 2.21. The van der Waals surface area contributed by atoms with E-state index in [0.717, 1.165) is 51.3 Å². The molecule has 1 aromatic heterocycles. The summed E-state index contributed by atoms with van der Waals surface area (Å²) in [6.07, 6.45) is 6.87. The number of hydrogen-bond donors (Lipinski definition) is 0. The number of aromatic nitrogens is 1. The first kappa shape index (κ1) is 15.1. The lowest BCUT2D eigenvalue weighted by Crippen LogP contribution is -2.38. The number of methoxy groups -OCH3 is 1. The number of carbonyl (C=O) groups is 1. The normalized spacial score (nSPS) is 16.6. The molecule has 0 aliphatic carbocycles. The highest BCUT2D eigenvalue weighted by Gasteiger charge is 2.22. The fraction of sp³-hybridized carbons (Fsp3) is 0.688. The second-order valence-electron chi connectivity index (χ2n) is 5.72. The van der Waals surface area contributed by atoms with Gasteiger partial charge in [-0.25, -0.2) is 0 Å². The summed E-state index contributed by atoms with van der Waals surface area (Å²) in [5.41, 5.74) is 1.23. The zero-order valence-corrected chi connectivity index (χ0v) is 12.7. The van der Waals surface area contributed by atoms with Gasteiger partial charge in [-0.2, -0.15) is 0 Å². The Kier molecular flexibility index (Phi) is 5.65. The van der Waals surface area contributed by atoms with Gasteiger partial charge < -0.3 is 14.2 Å². The highest BCUT2D eigenvalue weighted by molar-refractivity contribution is 5.76. The molecule has 0 atom stereocenters. The summed E-state index contributed by atoms with van der Waals surface area (Å²) < 4.78 is 7.21. The van der Waals surface area contributed by atoms with E-state index in [0.29, 0.717) is 12.3 Å². The number of rotatable bonds is 6. The van der Waals surface area contributed by atoms with Crippen LogP contribution >= 0.6 is 0 Å². The summed E-state index contributed by atoms with van der Waals surface area (Å²) >= 11 is 0. The van der Waals surface area contributed by atoms with Gasteiger partial charge in [-0.1, -0.05) is 0 Å². The van der Waals surface area contributed by atoms with Gasteiger partial charge in [0, 0.05) is 52.2 Å². The van der Waals surface area contributed by atoms with E-state index in [1.807, 2.05) is 24.2 Å². The molecule has 4 heteroatoms. The number of amides is 1. The Bertz CT molecular complexity index is 420. The van der Waals surface area contributed by atoms with Gasteiger partial charge in [0.25, 0.3) is 0 Å². The number of nitrogens with zero attached hydrogens (tertiary/aromatic N) is 2. The third-order valence-electron chi connectivity index (χ3n) is 4.34. The molecule has 4 nitrogen and oxygen atoms in total. The molecular weight excluding hydrogens is 252 g/mol. The topological polar surface area (TPSA) is 34.5 Å². The fourth-order valence-electron chi connectivity index (χ4n) is 2.90. The van der Waals surface area contributed by atoms with Crippen LogP contribution < -0.4 is 0 Å². The maximum Gasteiger partial charge on any atom is 0.222 e. The van der Waals surface area contributed by atoms with E-state index in [4.69, 9.17) is 4.74 Å². The molecule has 112 valence electrons. The molecule has 0 aromatic carbocycles. The first-order valence-corrected chi connectivity index (χ1v) is 7.57. The molecule has 1 aliphatic rings. The maximum absolute atomic E-state index is 12.2. The van der Waals surface area contributed by atoms with Crippen LogP contribution in [-0.2, 0) is 23.0 Å². The summed E-state index contributed by atoms with van der Waals surface area (Å²) in [7, 11) is 3.78. The molecule has 2 rings (SSSR count). The zero-order chi connectivity index (χ0) is 14.4. The second kappa shape index (κ2) is 7.48. The summed E-state index contributed by atoms with van der Waals surface area (Å²) in [5, 5.41) is 0. The third kappa shape index (κ3) is 4.10. The van der Waals surface area contributed by atoms with E-state index in [-0.39, 0.29) is 0 Å². The van der Waals surface area contributed by atoms with Crippen molar-refractivity contribution in [2.75, 3.05) is 26.8 Å². The van der Waals surface area contributed by atoms with Crippen molar-refractivity contribution < 1.29 is 9.53 Å². The van der Waals surface area contributed by atoms with Crippen LogP contribution in [0.1, 0.15) is 31.4 Å². The Hall–Kier alpha value is -1.29. The number of piperidine rings is 1. The molecular formula is C16H26N2O2. The molecule has 1 aliphatic heterocycles. The van der Waals surface area contributed by atoms with Crippen LogP contribution in [0.2, 0.25) is 0 Å². The molecule has 0 saturated carbocycles. The highest BCUT2D eigenvalue weighted by atomic mass is 16.5. The van der Waals surface area contributed by atoms with E-state index < -0.39 is 0 Å². The minimum absolute atomic E-state index is 0.302. The van der Waals surface area contributed by atoms with Gasteiger partial charge in [-0.15, -0.1) is 0 Å². The molecule has 1 aromatic rings. The molecule has 1 amide bonds. The maximum atomic E-state index is 12.2. The van der Waals surface area contributed by atoms with Gasteiger partial charge >= 0.3 is 0 Å². The molecule has 0 N–H and O–H groups in total. The summed E-state index contributed by atoms with van der Waals surface area (Å²) in [6.45, 7) is 2.67. The van der Waals surface area contributed by atoms with Crippen LogP contribution in [0.4, 0.5) is 0 Å². The van der Waals surface area contributed by atoms with Crippen LogP contribution in [0.25, 0.3) is 0 Å². The predicted octanol–water partition coefficient (Wildman–Crippen LogP) is 2.23. The van der Waals surface area contributed by atoms with Crippen molar-refractivity contribution in [1.82, 2.24) is 9.47 Å². The summed E-state index contributed by atoms with van der Waals surface area (Å²) in [4.78, 5) is 14.3. The van der Waals surface area contributed by atoms with Crippen molar-refractivity contribution in [1.29, 1.82) is 0 Å². The number of carbonyl (C=O) groups excluding carboxylic acids is 1. The number of aryl methyl sites for hydroxylation is 2. The fourth-order valence-corrected chi connectivity index (χ4v) is 2.90. The van der Waals surface area contributed by atoms with Crippen molar-refractivity contribution in [3.63, 3.8) is 0 Å². The Balaban J connectivity index is 1.71. The summed E-state index contributed by atoms with van der Waals surface area (Å²) in [6, 6.07) is 4.12. The molecule has 1 saturated heterocycles. The molecule has 20 heavy (non-hydrogen) atoms. The molecule has 0 radical (unpaired) electrons. The van der Waals surface area contributed by atoms with Gasteiger partial charge in [0.05, 0.1) is 0 Å². The van der Waals surface area contributed by atoms with Crippen LogP contribution in [0, 0.1) is 5.92 Å². The quantitative estimate of drug-likeness (QED) is 0.800. The van der Waals surface area contributed by atoms with E-state index in [2.05, 4.69) is 10.6 Å². The molecule has 0 bridgehead atoms. The van der Waals surface area contributed by atoms with Crippen LogP contribution in [0.3, 0.4) is 0 Å². The lowest BCUT2D eigenvalue weighted by molar-refractivity contribution is -0.132. The third-order valence-corrected chi connectivity index (χ3v) is 4.34. The van der Waals surface area contributed by atoms with E-state index >= 15 is 0 Å². The Labute approximate surface area is 121 Å². The summed E-state index contributed by atoms with van der Waals surface area (Å²) in [5.74, 6) is 1.03. The minimum Gasteiger partial charge on any atom is -0.385 e. The van der Waals surface area contributed by atoms with Crippen molar-refractivity contribution >= 4 is 5.91 Å². The molecule has 0 spiro atoms. The lowest BCUT2D eigenvalue weighted by Gasteiger charge is -2.32. The minimum atomic E-state index is 0.302. The Morgan fingerprint density at radius 3 is 2.75 bits per heavy atom. The Morgan fingerprint density at radius 1 is 1.40 bits per heavy atom. The van der Waals surface area contributed by atoms with Crippen molar-refractivity contribution in [2.24, 2.45) is 13.0 Å². The lowest BCUT2D eigenvalue weighted by atomic mass is 9.93. The molecule has 1 fully saturated rings. The Morgan fingerprint density at radius 2 is 2.15 bits per heavy atom. The largest absolute Gasteiger partial charge is 0.385 e. The van der Waals surface area contributed by atoms with Crippen LogP contribution in [-0.4, -0.2) is 42.2 Å². The van der Waals surface area contributed by atoms with Gasteiger partial charge in [0.15, 0.2) is 0 Å². The average molecular weight is 278 g/mol. The predicted molar refractivity (Wildman–Crippen MR) is 79.5 cm³/mol. The van der Waals surface area contributed by atoms with Crippen molar-refractivity contribution in [3.05, 3.63) is 24.0 Å². The molecule has 2 heterocycles. The molecule has 0 unspecified atom stereocenters. The van der Waals surface area contributed by atoms with E-state index in [9.17, 15) is 4.79 Å². The van der Waals surface area contributed by atoms with Crippen LogP contribution in [0.5, 0.6) is 0 Å². The standard InChI is InChI=1S/C16H26N2O2/c1-17-10-3-4-15(17)5-6-16(19)18-11-7-14(8-12-18)9-13-20-2/h3-4,10,14H,5-9,11-13H2,1-2H3. The zero-order valence-electron chi connectivity index (χ0n) is 12.7. The second-order valence-corrected chi connectivity index (χ2v) is 5.72. The van der Waals surface area contributed by atoms with E-state index in [1.54, 1.807) is 7.11 Å². The van der Waals surface area contributed by atoms with Gasteiger partial charge in [0.1, 0.15) is 0 Å². The smallest absolute Gasteiger partial charge is 0.222 e. The van der Waals surface area contributed by atoms with E-state index in [1.165, 1.54) is 5.69 Å². The monoisotopic (exact) mass is 278 g/mol. The average Bonchev–Trinajstić information content (AvgIpc) is 2.88. The van der Waals surface area contributed by atoms with Gasteiger partial charge in [-0.05, 0) is 43.7 Å². The SMILES string of the molecule is COCCC1CCN(C(=O)CCc2cccn2C)CC1. The first-order chi connectivity index (χ1) is 9.70. The number of likely N-dealkylation sites (tertiary alicyclic amines) is 1. The van der Waals surface area contributed by atoms with Crippen LogP contribution in [0.15, 0.2) is 18.3 Å². The van der Waals surface area contributed by atoms with Gasteiger partial charge in [-0.3, -0.25) is 4.79 Å². The number of hydrogen-bond acceptors (Lipinski definition) is 2. The first-order valence-electron chi connectivity index (χ1n) is 7.57. The van der Waals surface area contributed by atoms with Crippen molar-refractivity contribution in [2.45, 2.75) is 32.1 Å². The van der Waals surface area contributed by atoms with Crippen molar-refractivity contribution in [3.8, 4) is 0 Å². The van der Waals surface area contributed by atoms with Gasteiger partial charge in [0.2, 0.25) is 5.91 Å². The number of ether oxygens (including phenoxy) is 1.